The Bertz CT molecular complexity index is 985. The lowest BCUT2D eigenvalue weighted by Crippen LogP contribution is -2.41. The maximum absolute atomic E-state index is 12.3. The van der Waals surface area contributed by atoms with E-state index in [-0.39, 0.29) is 18.6 Å². The maximum Gasteiger partial charge on any atom is 0.329 e. The standard InChI is InChI=1S/C22H25BrN4O4/c1-13(2)25-21(29)22(30)27-24-11-16-10-17(23)5-6-19(16)31-12-20(28)26-18-8-14(3)7-15(4)9-18/h5-11,13H,12H2,1-4H3,(H,25,29)(H,26,28)(H,27,30)/b24-11-. The fourth-order valence-electron chi connectivity index (χ4n) is 2.68. The molecule has 0 aliphatic carbocycles. The van der Waals surface area contributed by atoms with Crippen LogP contribution in [-0.2, 0) is 14.4 Å². The molecule has 0 saturated heterocycles. The molecule has 2 aromatic rings. The van der Waals surface area contributed by atoms with Crippen LogP contribution in [0.15, 0.2) is 46.0 Å². The highest BCUT2D eigenvalue weighted by Crippen LogP contribution is 2.22. The normalized spacial score (nSPS) is 10.8. The molecule has 164 valence electrons. The molecule has 0 unspecified atom stereocenters. The average molecular weight is 489 g/mol. The van der Waals surface area contributed by atoms with E-state index in [9.17, 15) is 14.4 Å². The first-order chi connectivity index (χ1) is 14.6. The number of nitrogens with zero attached hydrogens (tertiary/aromatic N) is 1. The maximum atomic E-state index is 12.3. The zero-order chi connectivity index (χ0) is 23.0. The molecule has 2 rings (SSSR count). The predicted molar refractivity (Wildman–Crippen MR) is 123 cm³/mol. The Morgan fingerprint density at radius 2 is 1.74 bits per heavy atom. The molecule has 0 spiro atoms. The van der Waals surface area contributed by atoms with E-state index in [1.54, 1.807) is 32.0 Å². The largest absolute Gasteiger partial charge is 0.483 e. The summed E-state index contributed by atoms with van der Waals surface area (Å²) in [5.41, 5.74) is 5.47. The molecule has 0 aliphatic rings. The van der Waals surface area contributed by atoms with Crippen LogP contribution in [0.25, 0.3) is 0 Å². The third-order valence-electron chi connectivity index (χ3n) is 3.83. The third-order valence-corrected chi connectivity index (χ3v) is 4.33. The molecule has 0 fully saturated rings. The highest BCUT2D eigenvalue weighted by molar-refractivity contribution is 9.10. The lowest BCUT2D eigenvalue weighted by atomic mass is 10.1. The van der Waals surface area contributed by atoms with Crippen molar-refractivity contribution >= 4 is 45.6 Å². The molecule has 8 nitrogen and oxygen atoms in total. The number of aryl methyl sites for hydroxylation is 2. The van der Waals surface area contributed by atoms with Gasteiger partial charge in [0.25, 0.3) is 5.91 Å². The van der Waals surface area contributed by atoms with Crippen molar-refractivity contribution in [2.24, 2.45) is 5.10 Å². The van der Waals surface area contributed by atoms with E-state index in [0.29, 0.717) is 17.0 Å². The molecule has 2 aromatic carbocycles. The van der Waals surface area contributed by atoms with Crippen molar-refractivity contribution in [3.63, 3.8) is 0 Å². The van der Waals surface area contributed by atoms with Gasteiger partial charge in [-0.15, -0.1) is 0 Å². The molecule has 0 aromatic heterocycles. The molecule has 9 heteroatoms. The van der Waals surface area contributed by atoms with Gasteiger partial charge in [0.1, 0.15) is 5.75 Å². The SMILES string of the molecule is Cc1cc(C)cc(NC(=O)COc2ccc(Br)cc2/C=N\NC(=O)C(=O)NC(C)C)c1. The molecule has 0 atom stereocenters. The molecule has 0 aliphatic heterocycles. The zero-order valence-corrected chi connectivity index (χ0v) is 19.4. The highest BCUT2D eigenvalue weighted by atomic mass is 79.9. The Kier molecular flexibility index (Phi) is 8.75. The van der Waals surface area contributed by atoms with Crippen molar-refractivity contribution in [3.05, 3.63) is 57.6 Å². The lowest BCUT2D eigenvalue weighted by Gasteiger charge is -2.11. The fourth-order valence-corrected chi connectivity index (χ4v) is 3.06. The zero-order valence-electron chi connectivity index (χ0n) is 17.8. The van der Waals surface area contributed by atoms with Crippen molar-refractivity contribution in [2.45, 2.75) is 33.7 Å². The monoisotopic (exact) mass is 488 g/mol. The van der Waals surface area contributed by atoms with Crippen LogP contribution < -0.4 is 20.8 Å². The number of ether oxygens (including phenoxy) is 1. The van der Waals surface area contributed by atoms with Crippen molar-refractivity contribution in [2.75, 3.05) is 11.9 Å². The molecular weight excluding hydrogens is 464 g/mol. The summed E-state index contributed by atoms with van der Waals surface area (Å²) in [5.74, 6) is -1.57. The topological polar surface area (TPSA) is 109 Å². The summed E-state index contributed by atoms with van der Waals surface area (Å²) in [6, 6.07) is 10.7. The first kappa shape index (κ1) is 24.1. The smallest absolute Gasteiger partial charge is 0.329 e. The Balaban J connectivity index is 2.00. The lowest BCUT2D eigenvalue weighted by molar-refractivity contribution is -0.139. The number of hydrazone groups is 1. The van der Waals surface area contributed by atoms with Gasteiger partial charge in [-0.05, 0) is 69.2 Å². The van der Waals surface area contributed by atoms with E-state index in [1.807, 2.05) is 32.0 Å². The summed E-state index contributed by atoms with van der Waals surface area (Å²) in [5, 5.41) is 9.07. The van der Waals surface area contributed by atoms with Crippen molar-refractivity contribution in [3.8, 4) is 5.75 Å². The first-order valence-corrected chi connectivity index (χ1v) is 10.4. The Morgan fingerprint density at radius 3 is 2.39 bits per heavy atom. The molecule has 3 amide bonds. The van der Waals surface area contributed by atoms with E-state index >= 15 is 0 Å². The minimum absolute atomic E-state index is 0.165. The van der Waals surface area contributed by atoms with Gasteiger partial charge in [-0.3, -0.25) is 14.4 Å². The number of amides is 3. The first-order valence-electron chi connectivity index (χ1n) is 9.58. The fraction of sp³-hybridized carbons (Fsp3) is 0.273. The number of rotatable bonds is 7. The van der Waals surface area contributed by atoms with Gasteiger partial charge >= 0.3 is 11.8 Å². The second-order valence-corrected chi connectivity index (χ2v) is 8.14. The van der Waals surface area contributed by atoms with Gasteiger partial charge in [0.05, 0.1) is 6.21 Å². The number of anilines is 1. The Hall–Kier alpha value is -3.20. The quantitative estimate of drug-likeness (QED) is 0.316. The summed E-state index contributed by atoms with van der Waals surface area (Å²) < 4.78 is 6.38. The van der Waals surface area contributed by atoms with Crippen molar-refractivity contribution < 1.29 is 19.1 Å². The summed E-state index contributed by atoms with van der Waals surface area (Å²) in [7, 11) is 0. The molecule has 0 bridgehead atoms. The van der Waals surface area contributed by atoms with Gasteiger partial charge in [-0.2, -0.15) is 5.10 Å². The van der Waals surface area contributed by atoms with Crippen LogP contribution in [0.4, 0.5) is 5.69 Å². The van der Waals surface area contributed by atoms with Crippen LogP contribution in [0.2, 0.25) is 0 Å². The van der Waals surface area contributed by atoms with Crippen LogP contribution in [0.3, 0.4) is 0 Å². The van der Waals surface area contributed by atoms with E-state index in [0.717, 1.165) is 15.6 Å². The number of hydrogen-bond donors (Lipinski definition) is 3. The van der Waals surface area contributed by atoms with E-state index in [4.69, 9.17) is 4.74 Å². The van der Waals surface area contributed by atoms with Gasteiger partial charge in [-0.1, -0.05) is 22.0 Å². The summed E-state index contributed by atoms with van der Waals surface area (Å²) >= 11 is 3.36. The second kappa shape index (κ2) is 11.3. The Labute approximate surface area is 189 Å². The van der Waals surface area contributed by atoms with Gasteiger partial charge in [0.15, 0.2) is 6.61 Å². The number of hydrogen-bond acceptors (Lipinski definition) is 5. The molecule has 31 heavy (non-hydrogen) atoms. The number of carbonyl (C=O) groups excluding carboxylic acids is 3. The van der Waals surface area contributed by atoms with Gasteiger partial charge < -0.3 is 15.4 Å². The van der Waals surface area contributed by atoms with Crippen LogP contribution in [0.1, 0.15) is 30.5 Å². The van der Waals surface area contributed by atoms with E-state index in [1.165, 1.54) is 6.21 Å². The summed E-state index contributed by atoms with van der Waals surface area (Å²) in [6.07, 6.45) is 1.34. The second-order valence-electron chi connectivity index (χ2n) is 7.22. The molecule has 0 saturated carbocycles. The average Bonchev–Trinajstić information content (AvgIpc) is 2.65. The van der Waals surface area contributed by atoms with Crippen molar-refractivity contribution in [1.29, 1.82) is 0 Å². The minimum Gasteiger partial charge on any atom is -0.483 e. The van der Waals surface area contributed by atoms with Gasteiger partial charge in [-0.25, -0.2) is 5.43 Å². The van der Waals surface area contributed by atoms with Crippen LogP contribution in [0.5, 0.6) is 5.75 Å². The van der Waals surface area contributed by atoms with Gasteiger partial charge in [0, 0.05) is 21.8 Å². The van der Waals surface area contributed by atoms with Crippen molar-refractivity contribution in [1.82, 2.24) is 10.7 Å². The van der Waals surface area contributed by atoms with Crippen LogP contribution in [0, 0.1) is 13.8 Å². The minimum atomic E-state index is -0.879. The molecule has 0 heterocycles. The predicted octanol–water partition coefficient (Wildman–Crippen LogP) is 3.06. The van der Waals surface area contributed by atoms with Crippen LogP contribution in [-0.4, -0.2) is 36.6 Å². The molecule has 3 N–H and O–H groups in total. The summed E-state index contributed by atoms with van der Waals surface area (Å²) in [6.45, 7) is 7.19. The van der Waals surface area contributed by atoms with Gasteiger partial charge in [0.2, 0.25) is 0 Å². The molecular formula is C22H25BrN4O4. The Morgan fingerprint density at radius 1 is 1.06 bits per heavy atom. The molecule has 0 radical (unpaired) electrons. The third kappa shape index (κ3) is 8.21. The number of benzene rings is 2. The number of carbonyl (C=O) groups is 3. The van der Waals surface area contributed by atoms with Crippen LogP contribution >= 0.6 is 15.9 Å². The van der Waals surface area contributed by atoms with E-state index < -0.39 is 11.8 Å². The number of halogens is 1. The highest BCUT2D eigenvalue weighted by Gasteiger charge is 2.13. The summed E-state index contributed by atoms with van der Waals surface area (Å²) in [4.78, 5) is 35.6. The van der Waals surface area contributed by atoms with E-state index in [2.05, 4.69) is 37.1 Å². The number of nitrogens with one attached hydrogen (secondary N) is 3.